The molecule has 82 valence electrons. The molecule has 0 radical (unpaired) electrons. The molecule has 0 saturated heterocycles. The van der Waals surface area contributed by atoms with Crippen molar-refractivity contribution in [3.63, 3.8) is 0 Å². The Morgan fingerprint density at radius 3 is 2.88 bits per heavy atom. The minimum atomic E-state index is -0.993. The molecule has 1 aromatic heterocycles. The van der Waals surface area contributed by atoms with Crippen LogP contribution in [0, 0.1) is 0 Å². The van der Waals surface area contributed by atoms with Crippen LogP contribution in [0.25, 0.3) is 10.8 Å². The van der Waals surface area contributed by atoms with E-state index in [1.807, 2.05) is 24.3 Å². The summed E-state index contributed by atoms with van der Waals surface area (Å²) in [5.41, 5.74) is 6.38. The first kappa shape index (κ1) is 10.6. The van der Waals surface area contributed by atoms with Gasteiger partial charge in [0.05, 0.1) is 0 Å². The van der Waals surface area contributed by atoms with Gasteiger partial charge in [0, 0.05) is 24.2 Å². The molecule has 0 bridgehead atoms. The molecular formula is C12H12N2O2. The first-order valence-corrected chi connectivity index (χ1v) is 4.98. The van der Waals surface area contributed by atoms with Crippen LogP contribution in [0.5, 0.6) is 0 Å². The second kappa shape index (κ2) is 4.28. The number of rotatable bonds is 3. The lowest BCUT2D eigenvalue weighted by Gasteiger charge is -2.08. The SMILES string of the molecule is N[C@@H](Cc1cncc2ccccc12)C(=O)O. The summed E-state index contributed by atoms with van der Waals surface area (Å²) in [6.07, 6.45) is 3.72. The third-order valence-corrected chi connectivity index (χ3v) is 2.51. The van der Waals surface area contributed by atoms with Gasteiger partial charge in [-0.05, 0) is 10.9 Å². The van der Waals surface area contributed by atoms with Crippen LogP contribution in [0.1, 0.15) is 5.56 Å². The van der Waals surface area contributed by atoms with Crippen molar-refractivity contribution in [3.8, 4) is 0 Å². The Bertz CT molecular complexity index is 520. The average molecular weight is 216 g/mol. The maximum atomic E-state index is 10.7. The molecule has 0 amide bonds. The van der Waals surface area contributed by atoms with Crippen LogP contribution in [-0.2, 0) is 11.2 Å². The number of pyridine rings is 1. The lowest BCUT2D eigenvalue weighted by Crippen LogP contribution is -2.32. The number of hydrogen-bond donors (Lipinski definition) is 2. The van der Waals surface area contributed by atoms with Crippen LogP contribution in [0.2, 0.25) is 0 Å². The van der Waals surface area contributed by atoms with Crippen molar-refractivity contribution < 1.29 is 9.90 Å². The molecule has 2 rings (SSSR count). The fourth-order valence-corrected chi connectivity index (χ4v) is 1.67. The van der Waals surface area contributed by atoms with E-state index in [0.29, 0.717) is 6.42 Å². The lowest BCUT2D eigenvalue weighted by molar-refractivity contribution is -0.138. The molecule has 0 unspecified atom stereocenters. The number of nitrogens with two attached hydrogens (primary N) is 1. The first-order chi connectivity index (χ1) is 7.68. The van der Waals surface area contributed by atoms with Gasteiger partial charge in [0.25, 0.3) is 0 Å². The van der Waals surface area contributed by atoms with Crippen LogP contribution in [0.15, 0.2) is 36.7 Å². The van der Waals surface area contributed by atoms with E-state index >= 15 is 0 Å². The molecule has 0 fully saturated rings. The highest BCUT2D eigenvalue weighted by Gasteiger charge is 2.13. The summed E-state index contributed by atoms with van der Waals surface area (Å²) in [6, 6.07) is 6.84. The molecule has 0 aliphatic carbocycles. The second-order valence-electron chi connectivity index (χ2n) is 3.67. The zero-order chi connectivity index (χ0) is 11.5. The van der Waals surface area contributed by atoms with Gasteiger partial charge >= 0.3 is 5.97 Å². The molecule has 0 saturated carbocycles. The number of aromatic nitrogens is 1. The van der Waals surface area contributed by atoms with Crippen LogP contribution < -0.4 is 5.73 Å². The van der Waals surface area contributed by atoms with E-state index in [9.17, 15) is 4.79 Å². The molecule has 4 nitrogen and oxygen atoms in total. The van der Waals surface area contributed by atoms with Gasteiger partial charge in [-0.25, -0.2) is 0 Å². The number of nitrogens with zero attached hydrogens (tertiary/aromatic N) is 1. The van der Waals surface area contributed by atoms with Gasteiger partial charge < -0.3 is 10.8 Å². The number of aliphatic carboxylic acids is 1. The van der Waals surface area contributed by atoms with Gasteiger partial charge in [0.2, 0.25) is 0 Å². The standard InChI is InChI=1S/C12H12N2O2/c13-11(12(15)16)5-9-7-14-6-8-3-1-2-4-10(8)9/h1-4,6-7,11H,5,13H2,(H,15,16)/t11-/m0/s1. The Balaban J connectivity index is 2.41. The smallest absolute Gasteiger partial charge is 0.320 e. The number of carbonyl (C=O) groups is 1. The van der Waals surface area contributed by atoms with E-state index in [4.69, 9.17) is 10.8 Å². The number of hydrogen-bond acceptors (Lipinski definition) is 3. The third kappa shape index (κ3) is 2.01. The molecule has 1 atom stereocenters. The molecule has 2 aromatic rings. The first-order valence-electron chi connectivity index (χ1n) is 4.98. The zero-order valence-electron chi connectivity index (χ0n) is 8.63. The molecule has 0 aliphatic heterocycles. The molecule has 4 heteroatoms. The number of benzene rings is 1. The Morgan fingerprint density at radius 2 is 2.12 bits per heavy atom. The normalized spacial score (nSPS) is 12.6. The lowest BCUT2D eigenvalue weighted by atomic mass is 10.0. The zero-order valence-corrected chi connectivity index (χ0v) is 8.63. The van der Waals surface area contributed by atoms with Gasteiger partial charge in [-0.3, -0.25) is 9.78 Å². The fourth-order valence-electron chi connectivity index (χ4n) is 1.67. The molecule has 0 aliphatic rings. The van der Waals surface area contributed by atoms with Gasteiger partial charge in [-0.1, -0.05) is 24.3 Å². The summed E-state index contributed by atoms with van der Waals surface area (Å²) in [4.78, 5) is 14.8. The summed E-state index contributed by atoms with van der Waals surface area (Å²) in [5.74, 6) is -0.993. The van der Waals surface area contributed by atoms with E-state index in [1.165, 1.54) is 0 Å². The van der Waals surface area contributed by atoms with Crippen molar-refractivity contribution in [3.05, 3.63) is 42.2 Å². The summed E-state index contributed by atoms with van der Waals surface area (Å²) in [7, 11) is 0. The largest absolute Gasteiger partial charge is 0.480 e. The van der Waals surface area contributed by atoms with Crippen molar-refractivity contribution in [2.45, 2.75) is 12.5 Å². The number of fused-ring (bicyclic) bond motifs is 1. The van der Waals surface area contributed by atoms with Crippen LogP contribution in [0.4, 0.5) is 0 Å². The van der Waals surface area contributed by atoms with Crippen molar-refractivity contribution in [2.75, 3.05) is 0 Å². The van der Waals surface area contributed by atoms with E-state index in [1.54, 1.807) is 12.4 Å². The van der Waals surface area contributed by atoms with Gasteiger partial charge in [-0.2, -0.15) is 0 Å². The average Bonchev–Trinajstić information content (AvgIpc) is 2.29. The Kier molecular flexibility index (Phi) is 2.83. The highest BCUT2D eigenvalue weighted by molar-refractivity contribution is 5.85. The third-order valence-electron chi connectivity index (χ3n) is 2.51. The summed E-state index contributed by atoms with van der Waals surface area (Å²) < 4.78 is 0. The summed E-state index contributed by atoms with van der Waals surface area (Å²) in [6.45, 7) is 0. The van der Waals surface area contributed by atoms with Crippen LogP contribution in [0.3, 0.4) is 0 Å². The molecule has 0 spiro atoms. The van der Waals surface area contributed by atoms with E-state index in [-0.39, 0.29) is 0 Å². The predicted molar refractivity (Wildman–Crippen MR) is 61.1 cm³/mol. The Morgan fingerprint density at radius 1 is 1.38 bits per heavy atom. The fraction of sp³-hybridized carbons (Fsp3) is 0.167. The minimum absolute atomic E-state index is 0.295. The van der Waals surface area contributed by atoms with E-state index in [0.717, 1.165) is 16.3 Å². The van der Waals surface area contributed by atoms with Crippen molar-refractivity contribution >= 4 is 16.7 Å². The highest BCUT2D eigenvalue weighted by Crippen LogP contribution is 2.17. The van der Waals surface area contributed by atoms with Gasteiger partial charge in [0.1, 0.15) is 6.04 Å². The van der Waals surface area contributed by atoms with E-state index in [2.05, 4.69) is 4.98 Å². The molecule has 1 aromatic carbocycles. The van der Waals surface area contributed by atoms with E-state index < -0.39 is 12.0 Å². The van der Waals surface area contributed by atoms with Crippen molar-refractivity contribution in [2.24, 2.45) is 5.73 Å². The maximum absolute atomic E-state index is 10.7. The Hall–Kier alpha value is -1.94. The Labute approximate surface area is 92.7 Å². The second-order valence-corrected chi connectivity index (χ2v) is 3.67. The maximum Gasteiger partial charge on any atom is 0.320 e. The number of carboxylic acids is 1. The molecule has 3 N–H and O–H groups in total. The molecule has 16 heavy (non-hydrogen) atoms. The quantitative estimate of drug-likeness (QED) is 0.808. The monoisotopic (exact) mass is 216 g/mol. The van der Waals surface area contributed by atoms with Crippen LogP contribution in [-0.4, -0.2) is 22.1 Å². The minimum Gasteiger partial charge on any atom is -0.480 e. The number of carboxylic acid groups (broad SMARTS) is 1. The topological polar surface area (TPSA) is 76.2 Å². The molecular weight excluding hydrogens is 204 g/mol. The van der Waals surface area contributed by atoms with Crippen molar-refractivity contribution in [1.82, 2.24) is 4.98 Å². The summed E-state index contributed by atoms with van der Waals surface area (Å²) >= 11 is 0. The predicted octanol–water partition coefficient (Wildman–Crippen LogP) is 1.19. The van der Waals surface area contributed by atoms with Crippen molar-refractivity contribution in [1.29, 1.82) is 0 Å². The van der Waals surface area contributed by atoms with Gasteiger partial charge in [-0.15, -0.1) is 0 Å². The molecule has 1 heterocycles. The summed E-state index contributed by atoms with van der Waals surface area (Å²) in [5, 5.41) is 10.8. The van der Waals surface area contributed by atoms with Crippen LogP contribution >= 0.6 is 0 Å². The van der Waals surface area contributed by atoms with Gasteiger partial charge in [0.15, 0.2) is 0 Å². The highest BCUT2D eigenvalue weighted by atomic mass is 16.4.